The highest BCUT2D eigenvalue weighted by molar-refractivity contribution is 5.93. The van der Waals surface area contributed by atoms with Gasteiger partial charge in [-0.3, -0.25) is 19.7 Å². The Morgan fingerprint density at radius 1 is 1.13 bits per heavy atom. The van der Waals surface area contributed by atoms with E-state index in [1.807, 2.05) is 36.5 Å². The molecule has 1 amide bonds. The summed E-state index contributed by atoms with van der Waals surface area (Å²) in [6, 6.07) is 15.8. The molecule has 0 spiro atoms. The number of hydrogen-bond donors (Lipinski definition) is 1. The molecule has 1 N–H and O–H groups in total. The van der Waals surface area contributed by atoms with Crippen LogP contribution in [0.1, 0.15) is 34.9 Å². The summed E-state index contributed by atoms with van der Waals surface area (Å²) in [6.07, 6.45) is 7.87. The lowest BCUT2D eigenvalue weighted by Crippen LogP contribution is -2.57. The van der Waals surface area contributed by atoms with E-state index in [1.165, 1.54) is 6.42 Å². The van der Waals surface area contributed by atoms with E-state index in [4.69, 9.17) is 0 Å². The van der Waals surface area contributed by atoms with Gasteiger partial charge in [-0.2, -0.15) is 0 Å². The highest BCUT2D eigenvalue weighted by atomic mass is 16.2. The number of para-hydroxylation sites is 1. The van der Waals surface area contributed by atoms with Crippen LogP contribution in [0.15, 0.2) is 73.6 Å². The predicted molar refractivity (Wildman–Crippen MR) is 118 cm³/mol. The summed E-state index contributed by atoms with van der Waals surface area (Å²) in [5, 5.41) is 4.42. The lowest BCUT2D eigenvalue weighted by atomic mass is 9.73. The van der Waals surface area contributed by atoms with Crippen LogP contribution in [0.4, 0.5) is 0 Å². The zero-order valence-electron chi connectivity index (χ0n) is 16.9. The third kappa shape index (κ3) is 3.39. The molecular weight excluding hydrogens is 372 g/mol. The molecule has 0 aliphatic carbocycles. The van der Waals surface area contributed by atoms with Gasteiger partial charge in [0.15, 0.2) is 0 Å². The first-order chi connectivity index (χ1) is 14.7. The fraction of sp³-hybridized carbons (Fsp3) is 0.320. The van der Waals surface area contributed by atoms with Crippen LogP contribution in [0.5, 0.6) is 0 Å². The van der Waals surface area contributed by atoms with Crippen molar-refractivity contribution in [3.8, 4) is 0 Å². The minimum atomic E-state index is -0.135. The van der Waals surface area contributed by atoms with Crippen molar-refractivity contribution in [3.63, 3.8) is 0 Å². The zero-order chi connectivity index (χ0) is 20.5. The summed E-state index contributed by atoms with van der Waals surface area (Å²) in [6.45, 7) is 6.13. The summed E-state index contributed by atoms with van der Waals surface area (Å²) in [5.74, 6) is 1.03. The average Bonchev–Trinajstić information content (AvgIpc) is 2.83. The molecule has 6 rings (SSSR count). The van der Waals surface area contributed by atoms with Crippen LogP contribution >= 0.6 is 0 Å². The highest BCUT2D eigenvalue weighted by Crippen LogP contribution is 2.42. The Bertz CT molecular complexity index is 1060. The monoisotopic (exact) mass is 398 g/mol. The predicted octanol–water partition coefficient (Wildman–Crippen LogP) is 4.00. The molecule has 2 aromatic heterocycles. The number of fused-ring (bicyclic) bond motifs is 4. The number of piperidine rings is 3. The van der Waals surface area contributed by atoms with Gasteiger partial charge in [0.25, 0.3) is 5.91 Å². The minimum absolute atomic E-state index is 0.124. The van der Waals surface area contributed by atoms with Gasteiger partial charge >= 0.3 is 0 Å². The van der Waals surface area contributed by atoms with Crippen LogP contribution in [0.2, 0.25) is 0 Å². The molecule has 0 saturated carbocycles. The number of nitrogens with one attached hydrogen (secondary N) is 1. The third-order valence-electron chi connectivity index (χ3n) is 6.74. The van der Waals surface area contributed by atoms with E-state index < -0.39 is 0 Å². The fourth-order valence-electron chi connectivity index (χ4n) is 5.21. The Morgan fingerprint density at radius 2 is 2.00 bits per heavy atom. The number of pyridine rings is 2. The van der Waals surface area contributed by atoms with Crippen LogP contribution < -0.4 is 5.32 Å². The third-order valence-corrected chi connectivity index (χ3v) is 6.74. The minimum Gasteiger partial charge on any atom is -0.342 e. The molecule has 3 saturated heterocycles. The first kappa shape index (κ1) is 18.9. The molecule has 3 aromatic rings. The number of amides is 1. The summed E-state index contributed by atoms with van der Waals surface area (Å²) < 4.78 is 0. The average molecular weight is 399 g/mol. The van der Waals surface area contributed by atoms with E-state index in [9.17, 15) is 4.79 Å². The number of benzene rings is 1. The van der Waals surface area contributed by atoms with E-state index in [0.717, 1.165) is 36.0 Å². The standard InChI is InChI=1S/C25H26N4O/c1-2-17-16-29-14-11-18(17)15-23(29)24(28-25(30)22-9-5-6-12-26-22)20-10-13-27-21-8-4-3-7-19(20)21/h2-10,12-13,17-18,23-24H,1,11,14-16H2,(H,28,30)/t17?,18?,23-,24-/m0/s1. The van der Waals surface area contributed by atoms with E-state index in [-0.39, 0.29) is 18.0 Å². The first-order valence-electron chi connectivity index (χ1n) is 10.7. The summed E-state index contributed by atoms with van der Waals surface area (Å²) in [4.78, 5) is 24.4. The molecule has 5 nitrogen and oxygen atoms in total. The van der Waals surface area contributed by atoms with Gasteiger partial charge in [-0.05, 0) is 61.1 Å². The number of hydrogen-bond acceptors (Lipinski definition) is 4. The van der Waals surface area contributed by atoms with E-state index >= 15 is 0 Å². The van der Waals surface area contributed by atoms with Gasteiger partial charge in [0, 0.05) is 30.4 Å². The van der Waals surface area contributed by atoms with Crippen molar-refractivity contribution < 1.29 is 4.79 Å². The molecule has 5 atom stereocenters. The second-order valence-electron chi connectivity index (χ2n) is 8.33. The second-order valence-corrected chi connectivity index (χ2v) is 8.33. The van der Waals surface area contributed by atoms with E-state index in [1.54, 1.807) is 12.3 Å². The fourth-order valence-corrected chi connectivity index (χ4v) is 5.21. The van der Waals surface area contributed by atoms with Crippen LogP contribution in [0.25, 0.3) is 10.9 Å². The molecule has 5 heteroatoms. The number of rotatable bonds is 5. The maximum absolute atomic E-state index is 13.1. The molecule has 3 fully saturated rings. The van der Waals surface area contributed by atoms with Gasteiger partial charge in [-0.25, -0.2) is 0 Å². The van der Waals surface area contributed by atoms with Crippen molar-refractivity contribution in [1.29, 1.82) is 0 Å². The molecule has 0 radical (unpaired) electrons. The molecule has 3 unspecified atom stereocenters. The van der Waals surface area contributed by atoms with Gasteiger partial charge in [0.1, 0.15) is 5.69 Å². The van der Waals surface area contributed by atoms with Crippen LogP contribution in [-0.4, -0.2) is 39.9 Å². The van der Waals surface area contributed by atoms with Crippen molar-refractivity contribution in [2.75, 3.05) is 13.1 Å². The van der Waals surface area contributed by atoms with Crippen LogP contribution in [0.3, 0.4) is 0 Å². The number of carbonyl (C=O) groups excluding carboxylic acids is 1. The molecule has 3 aliphatic heterocycles. The molecule has 152 valence electrons. The number of carbonyl (C=O) groups is 1. The first-order valence-corrected chi connectivity index (χ1v) is 10.7. The Labute approximate surface area is 176 Å². The van der Waals surface area contributed by atoms with Gasteiger partial charge in [-0.15, -0.1) is 6.58 Å². The maximum Gasteiger partial charge on any atom is 0.270 e. The molecular formula is C25H26N4O. The van der Waals surface area contributed by atoms with Crippen molar-refractivity contribution in [3.05, 3.63) is 84.8 Å². The second kappa shape index (κ2) is 8.00. The molecule has 1 aromatic carbocycles. The number of aromatic nitrogens is 2. The Kier molecular flexibility index (Phi) is 5.05. The molecule has 3 aliphatic rings. The Hall–Kier alpha value is -3.05. The topological polar surface area (TPSA) is 58.1 Å². The lowest BCUT2D eigenvalue weighted by molar-refractivity contribution is 0.00167. The Morgan fingerprint density at radius 3 is 2.77 bits per heavy atom. The Balaban J connectivity index is 1.54. The van der Waals surface area contributed by atoms with Gasteiger partial charge < -0.3 is 5.32 Å². The summed E-state index contributed by atoms with van der Waals surface area (Å²) >= 11 is 0. The highest BCUT2D eigenvalue weighted by Gasteiger charge is 2.43. The van der Waals surface area contributed by atoms with Crippen molar-refractivity contribution in [2.24, 2.45) is 11.8 Å². The molecule has 5 heterocycles. The van der Waals surface area contributed by atoms with Crippen LogP contribution in [-0.2, 0) is 0 Å². The van der Waals surface area contributed by atoms with Crippen molar-refractivity contribution in [2.45, 2.75) is 24.9 Å². The summed E-state index contributed by atoms with van der Waals surface area (Å²) in [7, 11) is 0. The van der Waals surface area contributed by atoms with Gasteiger partial charge in [-0.1, -0.05) is 30.3 Å². The quantitative estimate of drug-likeness (QED) is 0.660. The van der Waals surface area contributed by atoms with Gasteiger partial charge in [0.05, 0.1) is 11.6 Å². The maximum atomic E-state index is 13.1. The smallest absolute Gasteiger partial charge is 0.270 e. The zero-order valence-corrected chi connectivity index (χ0v) is 16.9. The SMILES string of the molecule is C=CC1CN2CCC1C[C@H]2[C@@H](NC(=O)c1ccccn1)c1ccnc2ccccc12. The number of nitrogens with zero attached hydrogens (tertiary/aromatic N) is 3. The normalized spacial score (nSPS) is 26.3. The van der Waals surface area contributed by atoms with E-state index in [2.05, 4.69) is 45.0 Å². The largest absolute Gasteiger partial charge is 0.342 e. The van der Waals surface area contributed by atoms with Crippen LogP contribution in [0, 0.1) is 11.8 Å². The van der Waals surface area contributed by atoms with E-state index in [0.29, 0.717) is 17.5 Å². The molecule has 30 heavy (non-hydrogen) atoms. The summed E-state index contributed by atoms with van der Waals surface area (Å²) in [5.41, 5.74) is 2.52. The molecule has 2 bridgehead atoms. The lowest BCUT2D eigenvalue weighted by Gasteiger charge is -2.51. The van der Waals surface area contributed by atoms with Crippen molar-refractivity contribution in [1.82, 2.24) is 20.2 Å². The van der Waals surface area contributed by atoms with Crippen molar-refractivity contribution >= 4 is 16.8 Å². The van der Waals surface area contributed by atoms with Gasteiger partial charge in [0.2, 0.25) is 0 Å².